The van der Waals surface area contributed by atoms with Crippen molar-refractivity contribution in [3.63, 3.8) is 0 Å². The van der Waals surface area contributed by atoms with Crippen molar-refractivity contribution in [1.82, 2.24) is 25.9 Å². The van der Waals surface area contributed by atoms with E-state index in [4.69, 9.17) is 11.6 Å². The molecule has 0 spiro atoms. The largest absolute Gasteiger partial charge is 0.368 e. The number of nitrogens with one attached hydrogen (secondary N) is 5. The fraction of sp³-hybridized carbons (Fsp3) is 0.269. The maximum absolute atomic E-state index is 12.2. The minimum Gasteiger partial charge on any atom is -0.368 e. The molecule has 0 aliphatic carbocycles. The third kappa shape index (κ3) is 8.76. The van der Waals surface area contributed by atoms with Crippen molar-refractivity contribution in [1.29, 1.82) is 0 Å². The predicted octanol–water partition coefficient (Wildman–Crippen LogP) is 2.61. The first-order valence-corrected chi connectivity index (χ1v) is 12.2. The molecule has 5 N–H and O–H groups in total. The van der Waals surface area contributed by atoms with Crippen molar-refractivity contribution < 1.29 is 14.4 Å². The Labute approximate surface area is 220 Å². The standard InChI is InChI=1S/C26H30ClN7O3/c1-17-23(30-14-12-28-18(2)35)33-25(19-6-4-3-5-7-19)34-24(17)31-15-13-29-22(36)16-32-26(37)20-8-10-21(27)11-9-20/h3-11H,12-16H2,1-2H3,(H,28,35)(H,29,36)(H,32,37)(H2,30,31,33,34). The Balaban J connectivity index is 1.55. The Morgan fingerprint density at radius 3 is 1.97 bits per heavy atom. The first kappa shape index (κ1) is 27.4. The van der Waals surface area contributed by atoms with E-state index in [2.05, 4.69) is 36.6 Å². The SMILES string of the molecule is CC(=O)NCCNc1nc(-c2ccccc2)nc(NCCNC(=O)CNC(=O)c2ccc(Cl)cc2)c1C. The number of halogens is 1. The smallest absolute Gasteiger partial charge is 0.251 e. The van der Waals surface area contributed by atoms with Crippen LogP contribution >= 0.6 is 11.6 Å². The average molecular weight is 524 g/mol. The summed E-state index contributed by atoms with van der Waals surface area (Å²) in [5.74, 6) is 1.06. The number of amides is 3. The van der Waals surface area contributed by atoms with Gasteiger partial charge in [0.2, 0.25) is 11.8 Å². The molecule has 3 rings (SSSR count). The Kier molecular flexibility index (Phi) is 10.2. The number of carbonyl (C=O) groups excluding carboxylic acids is 3. The van der Waals surface area contributed by atoms with Crippen LogP contribution in [-0.2, 0) is 9.59 Å². The van der Waals surface area contributed by atoms with Crippen LogP contribution in [0.5, 0.6) is 0 Å². The number of hydrogen-bond donors (Lipinski definition) is 5. The number of anilines is 2. The summed E-state index contributed by atoms with van der Waals surface area (Å²) >= 11 is 5.83. The zero-order valence-electron chi connectivity index (χ0n) is 20.7. The normalized spacial score (nSPS) is 10.4. The van der Waals surface area contributed by atoms with Gasteiger partial charge >= 0.3 is 0 Å². The fourth-order valence-electron chi connectivity index (χ4n) is 3.31. The molecular weight excluding hydrogens is 494 g/mol. The summed E-state index contributed by atoms with van der Waals surface area (Å²) in [6, 6.07) is 16.0. The molecule has 3 aromatic rings. The van der Waals surface area contributed by atoms with Crippen LogP contribution in [0.2, 0.25) is 5.02 Å². The van der Waals surface area contributed by atoms with Gasteiger partial charge in [-0.3, -0.25) is 14.4 Å². The first-order chi connectivity index (χ1) is 17.8. The highest BCUT2D eigenvalue weighted by molar-refractivity contribution is 6.30. The molecule has 0 saturated heterocycles. The molecule has 3 amide bonds. The average Bonchev–Trinajstić information content (AvgIpc) is 2.90. The molecular formula is C26H30ClN7O3. The third-order valence-electron chi connectivity index (χ3n) is 5.22. The summed E-state index contributed by atoms with van der Waals surface area (Å²) in [7, 11) is 0. The van der Waals surface area contributed by atoms with E-state index in [0.717, 1.165) is 11.1 Å². The van der Waals surface area contributed by atoms with Gasteiger partial charge in [-0.2, -0.15) is 0 Å². The lowest BCUT2D eigenvalue weighted by Gasteiger charge is -2.16. The van der Waals surface area contributed by atoms with Crippen molar-refractivity contribution in [2.45, 2.75) is 13.8 Å². The van der Waals surface area contributed by atoms with Crippen LogP contribution < -0.4 is 26.6 Å². The van der Waals surface area contributed by atoms with Gasteiger partial charge in [0.05, 0.1) is 6.54 Å². The fourth-order valence-corrected chi connectivity index (χ4v) is 3.43. The van der Waals surface area contributed by atoms with E-state index in [9.17, 15) is 14.4 Å². The van der Waals surface area contributed by atoms with Gasteiger partial charge < -0.3 is 26.6 Å². The predicted molar refractivity (Wildman–Crippen MR) is 145 cm³/mol. The monoisotopic (exact) mass is 523 g/mol. The summed E-state index contributed by atoms with van der Waals surface area (Å²) in [5.41, 5.74) is 2.10. The lowest BCUT2D eigenvalue weighted by Crippen LogP contribution is -2.38. The minimum atomic E-state index is -0.353. The second-order valence-corrected chi connectivity index (χ2v) is 8.55. The zero-order valence-corrected chi connectivity index (χ0v) is 21.5. The number of aromatic nitrogens is 2. The number of rotatable bonds is 12. The Morgan fingerprint density at radius 2 is 1.38 bits per heavy atom. The summed E-state index contributed by atoms with van der Waals surface area (Å²) in [6.07, 6.45) is 0. The number of carbonyl (C=O) groups is 3. The molecule has 2 aromatic carbocycles. The molecule has 1 aromatic heterocycles. The van der Waals surface area contributed by atoms with Crippen LogP contribution in [0.4, 0.5) is 11.6 Å². The maximum Gasteiger partial charge on any atom is 0.251 e. The Morgan fingerprint density at radius 1 is 0.784 bits per heavy atom. The Hall–Kier alpha value is -4.18. The quantitative estimate of drug-likeness (QED) is 0.230. The van der Waals surface area contributed by atoms with Crippen molar-refractivity contribution in [2.24, 2.45) is 0 Å². The van der Waals surface area contributed by atoms with Crippen LogP contribution in [0.25, 0.3) is 11.4 Å². The van der Waals surface area contributed by atoms with E-state index >= 15 is 0 Å². The molecule has 0 aliphatic rings. The molecule has 10 nitrogen and oxygen atoms in total. The second-order valence-electron chi connectivity index (χ2n) is 8.11. The van der Waals surface area contributed by atoms with Gasteiger partial charge in [-0.15, -0.1) is 0 Å². The van der Waals surface area contributed by atoms with Crippen molar-refractivity contribution in [3.8, 4) is 11.4 Å². The van der Waals surface area contributed by atoms with Crippen LogP contribution in [0.3, 0.4) is 0 Å². The summed E-state index contributed by atoms with van der Waals surface area (Å²) in [5, 5.41) is 15.1. The highest BCUT2D eigenvalue weighted by atomic mass is 35.5. The van der Waals surface area contributed by atoms with E-state index in [1.54, 1.807) is 24.3 Å². The molecule has 0 saturated carbocycles. The van der Waals surface area contributed by atoms with Gasteiger partial charge in [0.25, 0.3) is 5.91 Å². The van der Waals surface area contributed by atoms with E-state index < -0.39 is 0 Å². The maximum atomic E-state index is 12.2. The molecule has 0 bridgehead atoms. The van der Waals surface area contributed by atoms with E-state index in [-0.39, 0.29) is 24.3 Å². The molecule has 194 valence electrons. The second kappa shape index (κ2) is 13.8. The molecule has 1 heterocycles. The summed E-state index contributed by atoms with van der Waals surface area (Å²) in [6.45, 7) is 4.92. The van der Waals surface area contributed by atoms with Crippen LogP contribution in [0.15, 0.2) is 54.6 Å². The molecule has 0 radical (unpaired) electrons. The van der Waals surface area contributed by atoms with Gasteiger partial charge in [-0.25, -0.2) is 9.97 Å². The summed E-state index contributed by atoms with van der Waals surface area (Å²) in [4.78, 5) is 44.7. The van der Waals surface area contributed by atoms with Gasteiger partial charge in [0.1, 0.15) is 11.6 Å². The highest BCUT2D eigenvalue weighted by Crippen LogP contribution is 2.24. The van der Waals surface area contributed by atoms with E-state index in [0.29, 0.717) is 54.2 Å². The third-order valence-corrected chi connectivity index (χ3v) is 5.48. The van der Waals surface area contributed by atoms with Gasteiger partial charge in [-0.05, 0) is 31.2 Å². The van der Waals surface area contributed by atoms with E-state index in [1.165, 1.54) is 6.92 Å². The zero-order chi connectivity index (χ0) is 26.6. The van der Waals surface area contributed by atoms with Crippen LogP contribution in [-0.4, -0.2) is 60.4 Å². The Bertz CT molecular complexity index is 1220. The molecule has 11 heteroatoms. The lowest BCUT2D eigenvalue weighted by atomic mass is 10.2. The summed E-state index contributed by atoms with van der Waals surface area (Å²) < 4.78 is 0. The molecule has 0 atom stereocenters. The molecule has 37 heavy (non-hydrogen) atoms. The van der Waals surface area contributed by atoms with Gasteiger partial charge in [-0.1, -0.05) is 41.9 Å². The first-order valence-electron chi connectivity index (χ1n) is 11.8. The van der Waals surface area contributed by atoms with Crippen molar-refractivity contribution in [2.75, 3.05) is 43.4 Å². The lowest BCUT2D eigenvalue weighted by molar-refractivity contribution is -0.120. The topological polar surface area (TPSA) is 137 Å². The van der Waals surface area contributed by atoms with Crippen molar-refractivity contribution in [3.05, 3.63) is 70.7 Å². The van der Waals surface area contributed by atoms with Gasteiger partial charge in [0.15, 0.2) is 5.82 Å². The molecule has 0 fully saturated rings. The number of benzene rings is 2. The number of nitrogens with zero attached hydrogens (tertiary/aromatic N) is 2. The van der Waals surface area contributed by atoms with Crippen LogP contribution in [0.1, 0.15) is 22.8 Å². The highest BCUT2D eigenvalue weighted by Gasteiger charge is 2.13. The van der Waals surface area contributed by atoms with E-state index in [1.807, 2.05) is 37.3 Å². The van der Waals surface area contributed by atoms with Gasteiger partial charge in [0, 0.05) is 54.8 Å². The van der Waals surface area contributed by atoms with Crippen LogP contribution in [0, 0.1) is 6.92 Å². The molecule has 0 unspecified atom stereocenters. The molecule has 0 aliphatic heterocycles. The van der Waals surface area contributed by atoms with Crippen molar-refractivity contribution >= 4 is 41.0 Å². The number of hydrogen-bond acceptors (Lipinski definition) is 7. The minimum absolute atomic E-state index is 0.0971.